The Morgan fingerprint density at radius 3 is 2.90 bits per heavy atom. The fourth-order valence-electron chi connectivity index (χ4n) is 2.69. The van der Waals surface area contributed by atoms with Crippen molar-refractivity contribution in [2.75, 3.05) is 25.5 Å². The SMILES string of the molecule is CC(C)c1ncccc1NC(=O)C[C@@H]1CN(C)C[C@H]1O. The third kappa shape index (κ3) is 3.55. The highest BCUT2D eigenvalue weighted by Gasteiger charge is 2.30. The Morgan fingerprint density at radius 1 is 1.55 bits per heavy atom. The van der Waals surface area contributed by atoms with Crippen LogP contribution in [0.2, 0.25) is 0 Å². The van der Waals surface area contributed by atoms with E-state index in [1.54, 1.807) is 6.20 Å². The molecule has 5 nitrogen and oxygen atoms in total. The van der Waals surface area contributed by atoms with Gasteiger partial charge in [0.2, 0.25) is 5.91 Å². The van der Waals surface area contributed by atoms with Crippen LogP contribution in [0.3, 0.4) is 0 Å². The number of nitrogens with zero attached hydrogens (tertiary/aromatic N) is 2. The number of aromatic nitrogens is 1. The Labute approximate surface area is 120 Å². The highest BCUT2D eigenvalue weighted by atomic mass is 16.3. The first-order valence-corrected chi connectivity index (χ1v) is 7.08. The van der Waals surface area contributed by atoms with Gasteiger partial charge >= 0.3 is 0 Å². The molecule has 1 aromatic rings. The second-order valence-electron chi connectivity index (χ2n) is 5.89. The summed E-state index contributed by atoms with van der Waals surface area (Å²) in [5.41, 5.74) is 1.67. The Kier molecular flexibility index (Phi) is 4.73. The summed E-state index contributed by atoms with van der Waals surface area (Å²) < 4.78 is 0. The van der Waals surface area contributed by atoms with Crippen LogP contribution in [0, 0.1) is 5.92 Å². The van der Waals surface area contributed by atoms with E-state index in [0.717, 1.165) is 17.9 Å². The molecule has 1 aliphatic rings. The highest BCUT2D eigenvalue weighted by molar-refractivity contribution is 5.91. The topological polar surface area (TPSA) is 65.5 Å². The summed E-state index contributed by atoms with van der Waals surface area (Å²) in [6, 6.07) is 3.69. The van der Waals surface area contributed by atoms with Crippen LogP contribution < -0.4 is 5.32 Å². The Morgan fingerprint density at radius 2 is 2.30 bits per heavy atom. The van der Waals surface area contributed by atoms with Crippen LogP contribution >= 0.6 is 0 Å². The van der Waals surface area contributed by atoms with E-state index in [9.17, 15) is 9.90 Å². The lowest BCUT2D eigenvalue weighted by molar-refractivity contribution is -0.117. The number of aliphatic hydroxyl groups is 1. The first-order valence-electron chi connectivity index (χ1n) is 7.08. The van der Waals surface area contributed by atoms with Gasteiger partial charge in [-0.2, -0.15) is 0 Å². The van der Waals surface area contributed by atoms with Crippen LogP contribution in [0.15, 0.2) is 18.3 Å². The second kappa shape index (κ2) is 6.33. The molecule has 0 bridgehead atoms. The van der Waals surface area contributed by atoms with Crippen LogP contribution in [0.5, 0.6) is 0 Å². The lowest BCUT2D eigenvalue weighted by Crippen LogP contribution is -2.24. The van der Waals surface area contributed by atoms with Crippen molar-refractivity contribution in [2.24, 2.45) is 5.92 Å². The summed E-state index contributed by atoms with van der Waals surface area (Å²) in [6.07, 6.45) is 1.67. The largest absolute Gasteiger partial charge is 0.391 e. The van der Waals surface area contributed by atoms with Gasteiger partial charge in [0.25, 0.3) is 0 Å². The molecule has 0 aliphatic carbocycles. The number of anilines is 1. The van der Waals surface area contributed by atoms with E-state index < -0.39 is 6.10 Å². The second-order valence-corrected chi connectivity index (χ2v) is 5.89. The van der Waals surface area contributed by atoms with Gasteiger partial charge in [0.1, 0.15) is 0 Å². The van der Waals surface area contributed by atoms with E-state index >= 15 is 0 Å². The third-order valence-electron chi connectivity index (χ3n) is 3.70. The molecule has 0 aromatic carbocycles. The van der Waals surface area contributed by atoms with Crippen molar-refractivity contribution in [1.82, 2.24) is 9.88 Å². The maximum absolute atomic E-state index is 12.1. The van der Waals surface area contributed by atoms with Crippen LogP contribution in [-0.4, -0.2) is 47.1 Å². The minimum absolute atomic E-state index is 0.0131. The molecule has 20 heavy (non-hydrogen) atoms. The first kappa shape index (κ1) is 14.9. The number of amides is 1. The number of hydrogen-bond acceptors (Lipinski definition) is 4. The molecule has 2 atom stereocenters. The number of pyridine rings is 1. The molecule has 2 N–H and O–H groups in total. The van der Waals surface area contributed by atoms with E-state index in [0.29, 0.717) is 13.0 Å². The summed E-state index contributed by atoms with van der Waals surface area (Å²) in [4.78, 5) is 18.5. The van der Waals surface area contributed by atoms with E-state index in [1.807, 2.05) is 37.9 Å². The highest BCUT2D eigenvalue weighted by Crippen LogP contribution is 2.23. The minimum atomic E-state index is -0.413. The van der Waals surface area contributed by atoms with Crippen LogP contribution in [0.25, 0.3) is 0 Å². The van der Waals surface area contributed by atoms with E-state index in [2.05, 4.69) is 10.3 Å². The lowest BCUT2D eigenvalue weighted by atomic mass is 10.0. The predicted molar refractivity (Wildman–Crippen MR) is 78.6 cm³/mol. The van der Waals surface area contributed by atoms with Gasteiger partial charge in [-0.1, -0.05) is 13.8 Å². The van der Waals surface area contributed by atoms with Crippen LogP contribution in [0.1, 0.15) is 31.9 Å². The third-order valence-corrected chi connectivity index (χ3v) is 3.70. The summed E-state index contributed by atoms with van der Waals surface area (Å²) >= 11 is 0. The van der Waals surface area contributed by atoms with Crippen LogP contribution in [-0.2, 0) is 4.79 Å². The zero-order valence-electron chi connectivity index (χ0n) is 12.3. The summed E-state index contributed by atoms with van der Waals surface area (Å²) in [6.45, 7) is 5.50. The molecule has 2 heterocycles. The van der Waals surface area contributed by atoms with Crippen molar-refractivity contribution < 1.29 is 9.90 Å². The maximum Gasteiger partial charge on any atom is 0.224 e. The van der Waals surface area contributed by atoms with Crippen LogP contribution in [0.4, 0.5) is 5.69 Å². The first-order chi connectivity index (χ1) is 9.47. The average Bonchev–Trinajstić information content (AvgIpc) is 2.68. The quantitative estimate of drug-likeness (QED) is 0.874. The molecule has 1 saturated heterocycles. The molecule has 0 spiro atoms. The maximum atomic E-state index is 12.1. The van der Waals surface area contributed by atoms with E-state index in [1.165, 1.54) is 0 Å². The Hall–Kier alpha value is -1.46. The van der Waals surface area contributed by atoms with Gasteiger partial charge in [-0.3, -0.25) is 9.78 Å². The lowest BCUT2D eigenvalue weighted by Gasteiger charge is -2.15. The Bertz CT molecular complexity index is 476. The van der Waals surface area contributed by atoms with Crippen molar-refractivity contribution >= 4 is 11.6 Å². The minimum Gasteiger partial charge on any atom is -0.391 e. The zero-order valence-corrected chi connectivity index (χ0v) is 12.3. The van der Waals surface area contributed by atoms with Crippen molar-refractivity contribution in [1.29, 1.82) is 0 Å². The molecule has 1 aliphatic heterocycles. The van der Waals surface area contributed by atoms with Crippen molar-refractivity contribution in [3.05, 3.63) is 24.0 Å². The fourth-order valence-corrected chi connectivity index (χ4v) is 2.69. The Balaban J connectivity index is 1.98. The van der Waals surface area contributed by atoms with Gasteiger partial charge < -0.3 is 15.3 Å². The van der Waals surface area contributed by atoms with Crippen molar-refractivity contribution in [2.45, 2.75) is 32.3 Å². The number of β-amino-alcohol motifs (C(OH)–C–C–N with tert-alkyl or cyclic N) is 1. The average molecular weight is 277 g/mol. The number of nitrogens with one attached hydrogen (secondary N) is 1. The number of likely N-dealkylation sites (tertiary alicyclic amines) is 1. The number of likely N-dealkylation sites (N-methyl/N-ethyl adjacent to an activating group) is 1. The molecule has 1 fully saturated rings. The van der Waals surface area contributed by atoms with Crippen molar-refractivity contribution in [3.63, 3.8) is 0 Å². The number of rotatable bonds is 4. The molecular weight excluding hydrogens is 254 g/mol. The smallest absolute Gasteiger partial charge is 0.224 e. The number of hydrogen-bond donors (Lipinski definition) is 2. The molecule has 1 aromatic heterocycles. The van der Waals surface area contributed by atoms with Gasteiger partial charge in [-0.15, -0.1) is 0 Å². The molecule has 2 rings (SSSR count). The number of carbonyl (C=O) groups excluding carboxylic acids is 1. The van der Waals surface area contributed by atoms with Gasteiger partial charge in [0, 0.05) is 31.6 Å². The molecule has 5 heteroatoms. The molecule has 0 radical (unpaired) electrons. The van der Waals surface area contributed by atoms with E-state index in [4.69, 9.17) is 0 Å². The monoisotopic (exact) mass is 277 g/mol. The zero-order chi connectivity index (χ0) is 14.7. The van der Waals surface area contributed by atoms with Gasteiger partial charge in [0.15, 0.2) is 0 Å². The summed E-state index contributed by atoms with van der Waals surface area (Å²) in [5.74, 6) is 0.216. The molecule has 0 saturated carbocycles. The predicted octanol–water partition coefficient (Wildman–Crippen LogP) is 1.46. The molecular formula is C15H23N3O2. The van der Waals surface area contributed by atoms with E-state index in [-0.39, 0.29) is 17.7 Å². The summed E-state index contributed by atoms with van der Waals surface area (Å²) in [5, 5.41) is 12.8. The van der Waals surface area contributed by atoms with Crippen molar-refractivity contribution in [3.8, 4) is 0 Å². The number of aliphatic hydroxyl groups excluding tert-OH is 1. The summed E-state index contributed by atoms with van der Waals surface area (Å²) in [7, 11) is 1.96. The number of carbonyl (C=O) groups is 1. The van der Waals surface area contributed by atoms with Gasteiger partial charge in [-0.25, -0.2) is 0 Å². The van der Waals surface area contributed by atoms with Gasteiger partial charge in [-0.05, 0) is 25.1 Å². The molecule has 1 amide bonds. The normalized spacial score (nSPS) is 23.2. The molecule has 110 valence electrons. The standard InChI is InChI=1S/C15H23N3O2/c1-10(2)15-12(5-4-6-16-15)17-14(20)7-11-8-18(3)9-13(11)19/h4-6,10-11,13,19H,7-9H2,1-3H3,(H,17,20)/t11-,13-/m1/s1. The van der Waals surface area contributed by atoms with Gasteiger partial charge in [0.05, 0.1) is 17.5 Å². The molecule has 0 unspecified atom stereocenters. The fraction of sp³-hybridized carbons (Fsp3) is 0.600.